The lowest BCUT2D eigenvalue weighted by Crippen LogP contribution is -2.39. The summed E-state index contributed by atoms with van der Waals surface area (Å²) < 4.78 is 2.00. The average Bonchev–Trinajstić information content (AvgIpc) is 3.77. The van der Waals surface area contributed by atoms with Crippen molar-refractivity contribution in [2.45, 2.75) is 86.5 Å². The van der Waals surface area contributed by atoms with Crippen LogP contribution in [0.5, 0.6) is 0 Å². The first-order valence-electron chi connectivity index (χ1n) is 16.1. The number of fused-ring (bicyclic) bond motifs is 1. The maximum absolute atomic E-state index is 13.6. The van der Waals surface area contributed by atoms with Crippen molar-refractivity contribution in [3.05, 3.63) is 71.0 Å². The summed E-state index contributed by atoms with van der Waals surface area (Å²) in [4.78, 5) is 43.7. The summed E-state index contributed by atoms with van der Waals surface area (Å²) in [6.07, 6.45) is 8.27. The number of allylic oxidation sites excluding steroid dienone is 1. The Morgan fingerprint density at radius 2 is 1.94 bits per heavy atom. The maximum atomic E-state index is 13.6. The molecule has 1 saturated heterocycles. The van der Waals surface area contributed by atoms with Crippen molar-refractivity contribution in [1.29, 1.82) is 5.26 Å². The fourth-order valence-corrected chi connectivity index (χ4v) is 6.43. The number of nitrogens with one attached hydrogen (secondary N) is 2. The van der Waals surface area contributed by atoms with E-state index < -0.39 is 0 Å². The van der Waals surface area contributed by atoms with Crippen LogP contribution in [0.1, 0.15) is 76.5 Å². The van der Waals surface area contributed by atoms with Crippen LogP contribution in [-0.4, -0.2) is 54.9 Å². The fourth-order valence-electron chi connectivity index (χ4n) is 5.56. The van der Waals surface area contributed by atoms with Gasteiger partial charge in [-0.3, -0.25) is 24.9 Å². The van der Waals surface area contributed by atoms with Crippen LogP contribution in [0.25, 0.3) is 21.6 Å². The van der Waals surface area contributed by atoms with E-state index in [0.717, 1.165) is 34.3 Å². The van der Waals surface area contributed by atoms with E-state index in [2.05, 4.69) is 66.5 Å². The van der Waals surface area contributed by atoms with E-state index in [0.29, 0.717) is 42.2 Å². The Bertz CT molecular complexity index is 1820. The summed E-state index contributed by atoms with van der Waals surface area (Å²) >= 11 is 1.34. The highest BCUT2D eigenvalue weighted by Gasteiger charge is 2.33. The van der Waals surface area contributed by atoms with Crippen LogP contribution in [0.2, 0.25) is 0 Å². The number of rotatable bonds is 9. The van der Waals surface area contributed by atoms with Gasteiger partial charge in [-0.25, -0.2) is 4.98 Å². The Labute approximate surface area is 280 Å². The van der Waals surface area contributed by atoms with Gasteiger partial charge in [0.05, 0.1) is 38.7 Å². The Hall–Kier alpha value is -4.40. The van der Waals surface area contributed by atoms with E-state index in [1.165, 1.54) is 11.3 Å². The topological polar surface area (TPSA) is 129 Å². The van der Waals surface area contributed by atoms with Crippen molar-refractivity contribution in [3.63, 3.8) is 0 Å². The van der Waals surface area contributed by atoms with E-state index in [1.807, 2.05) is 37.5 Å². The number of imidazole rings is 1. The lowest BCUT2D eigenvalue weighted by Gasteiger charge is -2.28. The van der Waals surface area contributed by atoms with Gasteiger partial charge < -0.3 is 14.8 Å². The zero-order chi connectivity index (χ0) is 33.9. The van der Waals surface area contributed by atoms with E-state index in [-0.39, 0.29) is 34.3 Å². The average molecular weight is 653 g/mol. The summed E-state index contributed by atoms with van der Waals surface area (Å²) in [5.74, 6) is -0.115. The molecule has 3 aromatic heterocycles. The van der Waals surface area contributed by atoms with Gasteiger partial charge in [0.25, 0.3) is 11.8 Å². The molecule has 0 unspecified atom stereocenters. The summed E-state index contributed by atoms with van der Waals surface area (Å²) in [6, 6.07) is 12.1. The van der Waals surface area contributed by atoms with Crippen molar-refractivity contribution in [3.8, 4) is 16.6 Å². The van der Waals surface area contributed by atoms with E-state index in [1.54, 1.807) is 35.6 Å². The number of nitriles is 1. The molecular formula is C36H44N8O2S. The van der Waals surface area contributed by atoms with Crippen LogP contribution >= 0.6 is 11.3 Å². The highest BCUT2D eigenvalue weighted by Crippen LogP contribution is 2.30. The fraction of sp³-hybridized carbons (Fsp3) is 0.444. The van der Waals surface area contributed by atoms with Gasteiger partial charge in [0.1, 0.15) is 11.6 Å². The third-order valence-corrected chi connectivity index (χ3v) is 9.66. The van der Waals surface area contributed by atoms with Crippen molar-refractivity contribution in [2.75, 3.05) is 11.9 Å². The standard InChI is InChI=1S/C36H44N8O2S/c1-23(36(5,6)7)40-20-24-10-11-29-27(17-24)41-34(42-32(45)31-13-12-30(47-31)28-21-38-14-15-39-28)44(29)22-26-9-8-16-43(26)33(46)25(19-37)18-35(2,3)4/h10-15,17-18,21,23,26,40H,8-9,16,20,22H2,1-7H3,(H,41,42,45)/b25-18+/t23-,26+/m0/s1. The van der Waals surface area contributed by atoms with Gasteiger partial charge in [-0.2, -0.15) is 5.26 Å². The normalized spacial score (nSPS) is 16.3. The Morgan fingerprint density at radius 1 is 1.15 bits per heavy atom. The van der Waals surface area contributed by atoms with Crippen LogP contribution in [0.4, 0.5) is 5.95 Å². The number of carbonyl (C=O) groups excluding carboxylic acids is 2. The first-order chi connectivity index (χ1) is 22.2. The number of anilines is 1. The monoisotopic (exact) mass is 652 g/mol. The van der Waals surface area contributed by atoms with Crippen LogP contribution in [0.15, 0.2) is 60.6 Å². The first kappa shape index (κ1) is 33.9. The molecule has 11 heteroatoms. The molecule has 10 nitrogen and oxygen atoms in total. The minimum absolute atomic E-state index is 0.121. The number of hydrogen-bond donors (Lipinski definition) is 2. The zero-order valence-corrected chi connectivity index (χ0v) is 29.1. The smallest absolute Gasteiger partial charge is 0.268 e. The molecule has 4 heterocycles. The highest BCUT2D eigenvalue weighted by molar-refractivity contribution is 7.17. The summed E-state index contributed by atoms with van der Waals surface area (Å²) in [5, 5.41) is 16.5. The van der Waals surface area contributed by atoms with Crippen LogP contribution in [-0.2, 0) is 17.9 Å². The molecule has 2 N–H and O–H groups in total. The van der Waals surface area contributed by atoms with Crippen LogP contribution in [0.3, 0.4) is 0 Å². The molecule has 0 aliphatic carbocycles. The zero-order valence-electron chi connectivity index (χ0n) is 28.3. The van der Waals surface area contributed by atoms with Gasteiger partial charge in [0, 0.05) is 38.1 Å². The predicted molar refractivity (Wildman–Crippen MR) is 187 cm³/mol. The van der Waals surface area contributed by atoms with Crippen molar-refractivity contribution < 1.29 is 9.59 Å². The molecular weight excluding hydrogens is 609 g/mol. The second kappa shape index (κ2) is 13.8. The molecule has 0 bridgehead atoms. The Morgan fingerprint density at radius 3 is 2.62 bits per heavy atom. The predicted octanol–water partition coefficient (Wildman–Crippen LogP) is 6.82. The summed E-state index contributed by atoms with van der Waals surface area (Å²) in [7, 11) is 0. The number of benzene rings is 1. The minimum Gasteiger partial charge on any atom is -0.333 e. The third-order valence-electron chi connectivity index (χ3n) is 8.55. The molecule has 47 heavy (non-hydrogen) atoms. The number of nitrogens with zero attached hydrogens (tertiary/aromatic N) is 6. The van der Waals surface area contributed by atoms with Gasteiger partial charge in [-0.05, 0) is 60.4 Å². The number of hydrogen-bond acceptors (Lipinski definition) is 8. The second-order valence-electron chi connectivity index (χ2n) is 14.4. The molecule has 4 aromatic rings. The molecule has 1 aliphatic heterocycles. The quantitative estimate of drug-likeness (QED) is 0.150. The van der Waals surface area contributed by atoms with Gasteiger partial charge in [-0.15, -0.1) is 11.3 Å². The molecule has 0 saturated carbocycles. The van der Waals surface area contributed by atoms with Crippen molar-refractivity contribution in [2.24, 2.45) is 10.8 Å². The van der Waals surface area contributed by atoms with Crippen LogP contribution in [0, 0.1) is 22.2 Å². The molecule has 5 rings (SSSR count). The van der Waals surface area contributed by atoms with Crippen molar-refractivity contribution in [1.82, 2.24) is 29.7 Å². The van der Waals surface area contributed by atoms with Gasteiger partial charge in [0.2, 0.25) is 5.95 Å². The summed E-state index contributed by atoms with van der Waals surface area (Å²) in [5.41, 5.74) is 3.39. The largest absolute Gasteiger partial charge is 0.333 e. The molecule has 246 valence electrons. The van der Waals surface area contributed by atoms with E-state index in [4.69, 9.17) is 4.98 Å². The number of thiophene rings is 1. The number of aromatic nitrogens is 4. The number of likely N-dealkylation sites (tertiary alicyclic amines) is 1. The van der Waals surface area contributed by atoms with E-state index in [9.17, 15) is 14.9 Å². The minimum atomic E-state index is -0.306. The number of amides is 2. The van der Waals surface area contributed by atoms with Gasteiger partial charge >= 0.3 is 0 Å². The summed E-state index contributed by atoms with van der Waals surface area (Å²) in [6.45, 7) is 16.4. The molecule has 2 atom stereocenters. The Kier molecular flexibility index (Phi) is 9.94. The molecule has 1 fully saturated rings. The molecule has 0 radical (unpaired) electrons. The second-order valence-corrected chi connectivity index (χ2v) is 15.5. The molecule has 0 spiro atoms. The maximum Gasteiger partial charge on any atom is 0.268 e. The van der Waals surface area contributed by atoms with E-state index >= 15 is 0 Å². The lowest BCUT2D eigenvalue weighted by atomic mass is 9.88. The molecule has 1 aromatic carbocycles. The third kappa shape index (κ3) is 8.13. The van der Waals surface area contributed by atoms with Crippen LogP contribution < -0.4 is 10.6 Å². The Balaban J connectivity index is 1.46. The first-order valence-corrected chi connectivity index (χ1v) is 16.9. The van der Waals surface area contributed by atoms with Crippen molar-refractivity contribution >= 4 is 40.1 Å². The molecule has 1 aliphatic rings. The highest BCUT2D eigenvalue weighted by atomic mass is 32.1. The van der Waals surface area contributed by atoms with Gasteiger partial charge in [0.15, 0.2) is 0 Å². The lowest BCUT2D eigenvalue weighted by molar-refractivity contribution is -0.127. The van der Waals surface area contributed by atoms with Gasteiger partial charge in [-0.1, -0.05) is 53.7 Å². The molecule has 2 amide bonds. The number of carbonyl (C=O) groups is 2. The SMILES string of the molecule is C[C@H](NCc1ccc2c(c1)nc(NC(=O)c1ccc(-c3cnccn3)s1)n2C[C@H]1CCCN1C(=O)/C(C#N)=C/C(C)(C)C)C(C)(C)C.